The first-order valence-electron chi connectivity index (χ1n) is 4.08. The summed E-state index contributed by atoms with van der Waals surface area (Å²) in [4.78, 5) is 11.9. The molecule has 0 aliphatic rings. The number of Topliss-reactive ketones (excluding diaryl/α,β-unsaturated/α-hetero) is 1. The summed E-state index contributed by atoms with van der Waals surface area (Å²) < 4.78 is 0. The van der Waals surface area contributed by atoms with Gasteiger partial charge in [0, 0.05) is 10.2 Å². The zero-order chi connectivity index (χ0) is 10.7. The summed E-state index contributed by atoms with van der Waals surface area (Å²) in [6.45, 7) is 1.48. The van der Waals surface area contributed by atoms with E-state index in [0.29, 0.717) is 0 Å². The van der Waals surface area contributed by atoms with E-state index in [-0.39, 0.29) is 5.78 Å². The minimum atomic E-state index is -0.596. The summed E-state index contributed by atoms with van der Waals surface area (Å²) in [6, 6.07) is 5.70. The molecule has 0 aliphatic carbocycles. The molecule has 0 heterocycles. The third-order valence-electron chi connectivity index (χ3n) is 1.88. The van der Waals surface area contributed by atoms with Gasteiger partial charge in [0.15, 0.2) is 5.78 Å². The minimum Gasteiger partial charge on any atom is -0.298 e. The van der Waals surface area contributed by atoms with E-state index < -0.39 is 5.38 Å². The van der Waals surface area contributed by atoms with E-state index in [0.717, 1.165) is 21.4 Å². The van der Waals surface area contributed by atoms with Crippen LogP contribution in [-0.4, -0.2) is 5.78 Å². The summed E-state index contributed by atoms with van der Waals surface area (Å²) in [5.74, 6) is -0.0614. The Morgan fingerprint density at radius 1 is 1.64 bits per heavy atom. The third kappa shape index (κ3) is 2.75. The molecule has 14 heavy (non-hydrogen) atoms. The predicted molar refractivity (Wildman–Crippen MR) is 65.6 cm³/mol. The summed E-state index contributed by atoms with van der Waals surface area (Å²) in [5.41, 5.74) is 1.86. The summed E-state index contributed by atoms with van der Waals surface area (Å²) in [5, 5.41) is 0.150. The molecule has 0 fully saturated rings. The van der Waals surface area contributed by atoms with Gasteiger partial charge in [-0.1, -0.05) is 28.1 Å². The fourth-order valence-electron chi connectivity index (χ4n) is 1.11. The second-order valence-corrected chi connectivity index (χ2v) is 4.48. The monoisotopic (exact) mass is 292 g/mol. The van der Waals surface area contributed by atoms with E-state index in [1.807, 2.05) is 18.2 Å². The fourth-order valence-corrected chi connectivity index (χ4v) is 1.98. The van der Waals surface area contributed by atoms with Crippen molar-refractivity contribution in [3.05, 3.63) is 29.3 Å². The van der Waals surface area contributed by atoms with Crippen molar-refractivity contribution in [2.45, 2.75) is 22.5 Å². The molecule has 1 aromatic carbocycles. The van der Waals surface area contributed by atoms with Crippen molar-refractivity contribution in [2.75, 3.05) is 0 Å². The Bertz CT molecular complexity index is 354. The van der Waals surface area contributed by atoms with Gasteiger partial charge in [-0.05, 0) is 24.1 Å². The van der Waals surface area contributed by atoms with Crippen LogP contribution >= 0.6 is 40.2 Å². The van der Waals surface area contributed by atoms with E-state index in [1.165, 1.54) is 6.92 Å². The molecule has 0 spiro atoms. The molecule has 1 rings (SSSR count). The van der Waals surface area contributed by atoms with Crippen LogP contribution in [0.5, 0.6) is 0 Å². The Hall–Kier alpha value is 0.01000. The highest BCUT2D eigenvalue weighted by molar-refractivity contribution is 9.08. The number of hydrogen-bond acceptors (Lipinski definition) is 2. The molecule has 1 atom stereocenters. The molecule has 76 valence electrons. The van der Waals surface area contributed by atoms with Crippen LogP contribution < -0.4 is 0 Å². The quantitative estimate of drug-likeness (QED) is 0.663. The first-order chi connectivity index (χ1) is 6.56. The van der Waals surface area contributed by atoms with Gasteiger partial charge in [-0.2, -0.15) is 0 Å². The highest BCUT2D eigenvalue weighted by Gasteiger charge is 2.15. The van der Waals surface area contributed by atoms with Crippen LogP contribution in [0.4, 0.5) is 0 Å². The molecule has 0 saturated carbocycles. The third-order valence-corrected chi connectivity index (χ3v) is 3.47. The molecule has 1 aromatic rings. The van der Waals surface area contributed by atoms with Crippen LogP contribution in [0.25, 0.3) is 0 Å². The zero-order valence-electron chi connectivity index (χ0n) is 7.63. The van der Waals surface area contributed by atoms with Crippen molar-refractivity contribution < 1.29 is 4.79 Å². The Morgan fingerprint density at radius 2 is 2.29 bits per heavy atom. The van der Waals surface area contributed by atoms with Gasteiger partial charge in [0.1, 0.15) is 5.38 Å². The van der Waals surface area contributed by atoms with Crippen LogP contribution in [0, 0.1) is 0 Å². The minimum absolute atomic E-state index is 0.0614. The molecular formula is C10H10BrClOS. The first kappa shape index (κ1) is 12.1. The van der Waals surface area contributed by atoms with Crippen molar-refractivity contribution in [3.63, 3.8) is 0 Å². The molecular weight excluding hydrogens is 284 g/mol. The molecule has 0 aliphatic heterocycles. The summed E-state index contributed by atoms with van der Waals surface area (Å²) in [7, 11) is 0. The molecule has 0 saturated heterocycles. The van der Waals surface area contributed by atoms with Gasteiger partial charge in [0.25, 0.3) is 0 Å². The van der Waals surface area contributed by atoms with Gasteiger partial charge in [0.2, 0.25) is 0 Å². The molecule has 1 unspecified atom stereocenters. The first-order valence-corrected chi connectivity index (χ1v) is 6.09. The molecule has 0 radical (unpaired) electrons. The Morgan fingerprint density at radius 3 is 2.79 bits per heavy atom. The lowest BCUT2D eigenvalue weighted by atomic mass is 10.1. The molecule has 0 amide bonds. The van der Waals surface area contributed by atoms with Crippen molar-refractivity contribution in [1.82, 2.24) is 0 Å². The zero-order valence-corrected chi connectivity index (χ0v) is 10.9. The van der Waals surface area contributed by atoms with Gasteiger partial charge in [-0.25, -0.2) is 0 Å². The lowest BCUT2D eigenvalue weighted by Gasteiger charge is -2.10. The lowest BCUT2D eigenvalue weighted by molar-refractivity contribution is -0.116. The number of hydrogen-bond donors (Lipinski definition) is 1. The molecule has 1 nitrogen and oxygen atoms in total. The number of alkyl halides is 2. The average molecular weight is 294 g/mol. The largest absolute Gasteiger partial charge is 0.298 e. The normalized spacial score (nSPS) is 12.6. The van der Waals surface area contributed by atoms with Gasteiger partial charge in [-0.15, -0.1) is 24.2 Å². The maximum absolute atomic E-state index is 11.1. The standard InChI is InChI=1S/C10H10BrClOS/c1-6(13)10(12)8-4-7(5-11)2-3-9(8)14/h2-4,10,14H,5H2,1H3. The summed E-state index contributed by atoms with van der Waals surface area (Å²) >= 11 is 13.6. The maximum Gasteiger partial charge on any atom is 0.152 e. The van der Waals surface area contributed by atoms with Crippen LogP contribution in [0.15, 0.2) is 23.1 Å². The van der Waals surface area contributed by atoms with Crippen LogP contribution in [-0.2, 0) is 10.1 Å². The fraction of sp³-hybridized carbons (Fsp3) is 0.300. The Balaban J connectivity index is 3.11. The Kier molecular flexibility index (Phi) is 4.48. The topological polar surface area (TPSA) is 17.1 Å². The van der Waals surface area contributed by atoms with Gasteiger partial charge < -0.3 is 0 Å². The highest BCUT2D eigenvalue weighted by Crippen LogP contribution is 2.28. The number of carbonyl (C=O) groups excluding carboxylic acids is 1. The number of ketones is 1. The SMILES string of the molecule is CC(=O)C(Cl)c1cc(CBr)ccc1S. The van der Waals surface area contributed by atoms with E-state index in [4.69, 9.17) is 11.6 Å². The van der Waals surface area contributed by atoms with E-state index >= 15 is 0 Å². The van der Waals surface area contributed by atoms with Gasteiger partial charge in [-0.3, -0.25) is 4.79 Å². The van der Waals surface area contributed by atoms with Crippen molar-refractivity contribution in [3.8, 4) is 0 Å². The lowest BCUT2D eigenvalue weighted by Crippen LogP contribution is -2.03. The van der Waals surface area contributed by atoms with E-state index in [9.17, 15) is 4.79 Å². The summed E-state index contributed by atoms with van der Waals surface area (Å²) in [6.07, 6.45) is 0. The van der Waals surface area contributed by atoms with Gasteiger partial charge in [0.05, 0.1) is 0 Å². The maximum atomic E-state index is 11.1. The second kappa shape index (κ2) is 5.19. The molecule has 0 bridgehead atoms. The molecule has 0 aromatic heterocycles. The number of rotatable bonds is 3. The number of benzene rings is 1. The van der Waals surface area contributed by atoms with E-state index in [1.54, 1.807) is 0 Å². The average Bonchev–Trinajstić information content (AvgIpc) is 2.17. The van der Waals surface area contributed by atoms with Crippen molar-refractivity contribution in [1.29, 1.82) is 0 Å². The second-order valence-electron chi connectivity index (χ2n) is 3.00. The Labute approximate surface area is 102 Å². The predicted octanol–water partition coefficient (Wildman–Crippen LogP) is 3.74. The number of halogens is 2. The van der Waals surface area contributed by atoms with Gasteiger partial charge >= 0.3 is 0 Å². The molecule has 0 N–H and O–H groups in total. The van der Waals surface area contributed by atoms with E-state index in [2.05, 4.69) is 28.6 Å². The molecule has 4 heteroatoms. The van der Waals surface area contributed by atoms with Crippen molar-refractivity contribution >= 4 is 45.9 Å². The smallest absolute Gasteiger partial charge is 0.152 e. The van der Waals surface area contributed by atoms with Crippen LogP contribution in [0.2, 0.25) is 0 Å². The van der Waals surface area contributed by atoms with Crippen LogP contribution in [0.1, 0.15) is 23.4 Å². The van der Waals surface area contributed by atoms with Crippen molar-refractivity contribution in [2.24, 2.45) is 0 Å². The van der Waals surface area contributed by atoms with Crippen LogP contribution in [0.3, 0.4) is 0 Å². The number of thiol groups is 1. The number of carbonyl (C=O) groups is 1. The highest BCUT2D eigenvalue weighted by atomic mass is 79.9.